The number of hydrogen-bond acceptors (Lipinski definition) is 7. The Labute approximate surface area is 181 Å². The van der Waals surface area contributed by atoms with Crippen LogP contribution in [0.2, 0.25) is 0 Å². The number of phenolic OH excluding ortho intramolecular Hbond substituents is 1. The number of nitrogens with one attached hydrogen (secondary N) is 4. The van der Waals surface area contributed by atoms with Crippen molar-refractivity contribution < 1.29 is 14.6 Å². The number of aryl methyl sites for hydroxylation is 2. The first-order chi connectivity index (χ1) is 15.0. The second-order valence-electron chi connectivity index (χ2n) is 8.05. The van der Waals surface area contributed by atoms with E-state index < -0.39 is 12.5 Å². The molecule has 2 heterocycles. The van der Waals surface area contributed by atoms with Crippen molar-refractivity contribution in [3.63, 3.8) is 0 Å². The third-order valence-electron chi connectivity index (χ3n) is 5.56. The van der Waals surface area contributed by atoms with E-state index in [1.165, 1.54) is 11.1 Å². The van der Waals surface area contributed by atoms with Crippen molar-refractivity contribution in [2.24, 2.45) is 0 Å². The summed E-state index contributed by atoms with van der Waals surface area (Å²) in [6, 6.07) is 21.7. The van der Waals surface area contributed by atoms with Gasteiger partial charge in [-0.1, -0.05) is 59.7 Å². The smallest absolute Gasteiger partial charge is 0.149 e. The van der Waals surface area contributed by atoms with Gasteiger partial charge in [0.15, 0.2) is 0 Å². The zero-order chi connectivity index (χ0) is 21.4. The van der Waals surface area contributed by atoms with Crippen molar-refractivity contribution in [3.05, 3.63) is 100 Å². The maximum absolute atomic E-state index is 10.3. The van der Waals surface area contributed by atoms with Crippen LogP contribution in [0.25, 0.3) is 0 Å². The number of benzene rings is 3. The number of hydrazine groups is 2. The quantitative estimate of drug-likeness (QED) is 0.442. The zero-order valence-electron chi connectivity index (χ0n) is 17.4. The molecule has 2 aliphatic heterocycles. The molecule has 0 amide bonds. The van der Waals surface area contributed by atoms with Gasteiger partial charge in [-0.2, -0.15) is 0 Å². The predicted octanol–water partition coefficient (Wildman–Crippen LogP) is 3.65. The van der Waals surface area contributed by atoms with Crippen LogP contribution in [-0.2, 0) is 9.47 Å². The largest absolute Gasteiger partial charge is 0.508 e. The maximum atomic E-state index is 10.3. The summed E-state index contributed by atoms with van der Waals surface area (Å²) in [5, 5.41) is 10.3. The Kier molecular flexibility index (Phi) is 5.45. The van der Waals surface area contributed by atoms with E-state index in [1.807, 2.05) is 30.3 Å². The molecule has 7 heteroatoms. The third-order valence-corrected chi connectivity index (χ3v) is 5.56. The van der Waals surface area contributed by atoms with Gasteiger partial charge in [-0.05, 0) is 43.2 Å². The van der Waals surface area contributed by atoms with E-state index in [4.69, 9.17) is 9.47 Å². The minimum Gasteiger partial charge on any atom is -0.508 e. The van der Waals surface area contributed by atoms with Crippen molar-refractivity contribution in [2.75, 3.05) is 0 Å². The first-order valence-electron chi connectivity index (χ1n) is 10.4. The van der Waals surface area contributed by atoms with Crippen LogP contribution >= 0.6 is 0 Å². The van der Waals surface area contributed by atoms with Crippen LogP contribution in [0, 0.1) is 13.8 Å². The first-order valence-corrected chi connectivity index (χ1v) is 10.4. The summed E-state index contributed by atoms with van der Waals surface area (Å²) >= 11 is 0. The topological polar surface area (TPSA) is 86.8 Å². The summed E-state index contributed by atoms with van der Waals surface area (Å²) in [5.41, 5.74) is 18.7. The van der Waals surface area contributed by atoms with Crippen LogP contribution in [0.15, 0.2) is 66.7 Å². The summed E-state index contributed by atoms with van der Waals surface area (Å²) in [6.07, 6.45) is -1.35. The fourth-order valence-corrected chi connectivity index (χ4v) is 3.80. The van der Waals surface area contributed by atoms with Crippen molar-refractivity contribution in [1.82, 2.24) is 21.7 Å². The number of phenols is 1. The molecule has 31 heavy (non-hydrogen) atoms. The molecule has 0 aliphatic carbocycles. The molecule has 2 aliphatic rings. The molecule has 2 fully saturated rings. The Balaban J connectivity index is 1.30. The highest BCUT2D eigenvalue weighted by Gasteiger charge is 2.30. The highest BCUT2D eigenvalue weighted by atomic mass is 16.6. The van der Waals surface area contributed by atoms with E-state index in [0.717, 1.165) is 22.3 Å². The zero-order valence-corrected chi connectivity index (χ0v) is 17.4. The fraction of sp³-hybridized carbons (Fsp3) is 0.250. The molecule has 3 aromatic carbocycles. The van der Waals surface area contributed by atoms with Gasteiger partial charge in [0.05, 0.1) is 0 Å². The molecule has 0 aromatic heterocycles. The molecule has 2 saturated heterocycles. The molecular formula is C24H26N4O3. The average molecular weight is 418 g/mol. The molecule has 5 N–H and O–H groups in total. The van der Waals surface area contributed by atoms with E-state index in [9.17, 15) is 5.11 Å². The third kappa shape index (κ3) is 4.33. The van der Waals surface area contributed by atoms with E-state index in [1.54, 1.807) is 12.1 Å². The molecule has 7 nitrogen and oxygen atoms in total. The molecule has 4 atom stereocenters. The van der Waals surface area contributed by atoms with Crippen LogP contribution in [0.3, 0.4) is 0 Å². The highest BCUT2D eigenvalue weighted by molar-refractivity contribution is 5.36. The summed E-state index contributed by atoms with van der Waals surface area (Å²) in [7, 11) is 0. The molecular weight excluding hydrogens is 392 g/mol. The van der Waals surface area contributed by atoms with E-state index >= 15 is 0 Å². The lowest BCUT2D eigenvalue weighted by Gasteiger charge is -2.16. The van der Waals surface area contributed by atoms with E-state index in [2.05, 4.69) is 59.8 Å². The van der Waals surface area contributed by atoms with Gasteiger partial charge in [-0.25, -0.2) is 21.7 Å². The molecule has 3 aromatic rings. The van der Waals surface area contributed by atoms with Crippen molar-refractivity contribution in [1.29, 1.82) is 0 Å². The number of aromatic hydroxyl groups is 1. The monoisotopic (exact) mass is 418 g/mol. The SMILES string of the molecule is Cc1ccc(C2NNC(c3cc(O)cc(C4NNC(c5ccc(C)cc5)O4)c3)O2)cc1. The second-order valence-corrected chi connectivity index (χ2v) is 8.05. The lowest BCUT2D eigenvalue weighted by molar-refractivity contribution is 0.0302. The molecule has 0 saturated carbocycles. The second kappa shape index (κ2) is 8.39. The summed E-state index contributed by atoms with van der Waals surface area (Å²) in [6.45, 7) is 4.11. The van der Waals surface area contributed by atoms with E-state index in [-0.39, 0.29) is 18.2 Å². The Bertz CT molecular complexity index is 974. The summed E-state index contributed by atoms with van der Waals surface area (Å²) in [5.74, 6) is 0.154. The van der Waals surface area contributed by atoms with Gasteiger partial charge in [-0.15, -0.1) is 0 Å². The Morgan fingerprint density at radius 3 is 1.29 bits per heavy atom. The predicted molar refractivity (Wildman–Crippen MR) is 116 cm³/mol. The molecule has 5 rings (SSSR count). The maximum Gasteiger partial charge on any atom is 0.149 e. The Morgan fingerprint density at radius 1 is 0.548 bits per heavy atom. The van der Waals surface area contributed by atoms with Gasteiger partial charge < -0.3 is 14.6 Å². The minimum atomic E-state index is -0.403. The number of ether oxygens (including phenoxy) is 2. The lowest BCUT2D eigenvalue weighted by atomic mass is 10.1. The standard InChI is InChI=1S/C24H26N4O3/c1-14-3-7-16(8-4-14)21-25-27-23(30-21)18-11-19(13-20(29)12-18)24-28-26-22(31-24)17-9-5-15(2)6-10-17/h3-13,21-29H,1-2H3. The van der Waals surface area contributed by atoms with Gasteiger partial charge in [-0.3, -0.25) is 0 Å². The molecule has 0 radical (unpaired) electrons. The van der Waals surface area contributed by atoms with Crippen LogP contribution in [-0.4, -0.2) is 5.11 Å². The fourth-order valence-electron chi connectivity index (χ4n) is 3.80. The Hall–Kier alpha value is -2.78. The highest BCUT2D eigenvalue weighted by Crippen LogP contribution is 2.34. The Morgan fingerprint density at radius 2 is 0.903 bits per heavy atom. The summed E-state index contributed by atoms with van der Waals surface area (Å²) < 4.78 is 12.3. The van der Waals surface area contributed by atoms with Gasteiger partial charge in [0.25, 0.3) is 0 Å². The molecule has 0 bridgehead atoms. The van der Waals surface area contributed by atoms with Crippen LogP contribution < -0.4 is 21.7 Å². The van der Waals surface area contributed by atoms with Crippen molar-refractivity contribution >= 4 is 0 Å². The number of hydrogen-bond donors (Lipinski definition) is 5. The molecule has 0 spiro atoms. The normalized spacial score (nSPS) is 25.7. The van der Waals surface area contributed by atoms with Crippen LogP contribution in [0.1, 0.15) is 58.3 Å². The minimum absolute atomic E-state index is 0.154. The summed E-state index contributed by atoms with van der Waals surface area (Å²) in [4.78, 5) is 0. The van der Waals surface area contributed by atoms with Gasteiger partial charge in [0.1, 0.15) is 30.7 Å². The van der Waals surface area contributed by atoms with Crippen LogP contribution in [0.5, 0.6) is 5.75 Å². The van der Waals surface area contributed by atoms with Gasteiger partial charge in [0, 0.05) is 11.1 Å². The van der Waals surface area contributed by atoms with Crippen LogP contribution in [0.4, 0.5) is 0 Å². The van der Waals surface area contributed by atoms with Gasteiger partial charge >= 0.3 is 0 Å². The molecule has 4 unspecified atom stereocenters. The van der Waals surface area contributed by atoms with E-state index in [0.29, 0.717) is 0 Å². The lowest BCUT2D eigenvalue weighted by Crippen LogP contribution is -2.27. The van der Waals surface area contributed by atoms with Crippen molar-refractivity contribution in [2.45, 2.75) is 38.8 Å². The average Bonchev–Trinajstić information content (AvgIpc) is 3.45. The number of rotatable bonds is 4. The molecule has 160 valence electrons. The van der Waals surface area contributed by atoms with Crippen molar-refractivity contribution in [3.8, 4) is 5.75 Å². The first kappa shape index (κ1) is 20.1. The van der Waals surface area contributed by atoms with Gasteiger partial charge in [0.2, 0.25) is 0 Å².